The van der Waals surface area contributed by atoms with E-state index in [1.807, 2.05) is 0 Å². The molecule has 0 spiro atoms. The van der Waals surface area contributed by atoms with Crippen molar-refractivity contribution in [2.45, 2.75) is 19.1 Å². The van der Waals surface area contributed by atoms with E-state index in [4.69, 9.17) is 10.5 Å². The first kappa shape index (κ1) is 9.79. The van der Waals surface area contributed by atoms with E-state index in [0.717, 1.165) is 0 Å². The summed E-state index contributed by atoms with van der Waals surface area (Å²) in [5.74, 6) is -1.43. The molecule has 1 aliphatic heterocycles. The third-order valence-corrected chi connectivity index (χ3v) is 2.41. The van der Waals surface area contributed by atoms with Crippen molar-refractivity contribution in [1.29, 1.82) is 0 Å². The summed E-state index contributed by atoms with van der Waals surface area (Å²) in [6.07, 6.45) is -0.556. The monoisotopic (exact) mass is 209 g/mol. The fourth-order valence-electron chi connectivity index (χ4n) is 1.68. The zero-order chi connectivity index (χ0) is 11.2. The summed E-state index contributed by atoms with van der Waals surface area (Å²) in [6, 6.07) is 2.48. The van der Waals surface area contributed by atoms with Crippen LogP contribution in [0.4, 0.5) is 0 Å². The van der Waals surface area contributed by atoms with E-state index in [0.29, 0.717) is 5.56 Å². The summed E-state index contributed by atoms with van der Waals surface area (Å²) in [5.41, 5.74) is 6.17. The first-order valence-corrected chi connectivity index (χ1v) is 4.53. The number of hydrogen-bond donors (Lipinski definition) is 3. The second-order valence-corrected chi connectivity index (χ2v) is 3.58. The molecule has 0 amide bonds. The average Bonchev–Trinajstić information content (AvgIpc) is 2.50. The predicted octanol–water partition coefficient (Wildman–Crippen LogP) is 0.656. The van der Waals surface area contributed by atoms with E-state index in [1.54, 1.807) is 6.92 Å². The van der Waals surface area contributed by atoms with Crippen LogP contribution in [0.3, 0.4) is 0 Å². The Bertz CT molecular complexity index is 428. The van der Waals surface area contributed by atoms with E-state index in [-0.39, 0.29) is 17.4 Å². The van der Waals surface area contributed by atoms with Crippen molar-refractivity contribution < 1.29 is 19.7 Å². The molecule has 1 aromatic carbocycles. The molecule has 2 atom stereocenters. The maximum absolute atomic E-state index is 11.4. The van der Waals surface area contributed by atoms with Crippen LogP contribution in [0.1, 0.15) is 28.9 Å². The molecule has 0 saturated heterocycles. The first-order valence-electron chi connectivity index (χ1n) is 4.53. The van der Waals surface area contributed by atoms with Crippen LogP contribution >= 0.6 is 0 Å². The molecule has 15 heavy (non-hydrogen) atoms. The second-order valence-electron chi connectivity index (χ2n) is 3.58. The van der Waals surface area contributed by atoms with Crippen molar-refractivity contribution in [3.63, 3.8) is 0 Å². The van der Waals surface area contributed by atoms with Crippen molar-refractivity contribution in [3.8, 4) is 11.5 Å². The number of hydrogen-bond acceptors (Lipinski definition) is 5. The summed E-state index contributed by atoms with van der Waals surface area (Å²) < 4.78 is 4.99. The summed E-state index contributed by atoms with van der Waals surface area (Å²) in [6.45, 7) is 1.71. The number of fused-ring (bicyclic) bond motifs is 1. The lowest BCUT2D eigenvalue weighted by atomic mass is 10.00. The topological polar surface area (TPSA) is 92.8 Å². The maximum Gasteiger partial charge on any atom is 0.343 e. The number of carbonyl (C=O) groups excluding carboxylic acids is 1. The molecular formula is C10H11NO4. The highest BCUT2D eigenvalue weighted by Gasteiger charge is 2.36. The van der Waals surface area contributed by atoms with Gasteiger partial charge in [0.25, 0.3) is 0 Å². The minimum atomic E-state index is -0.652. The van der Waals surface area contributed by atoms with Crippen LogP contribution in [0.5, 0.6) is 11.5 Å². The number of phenolic OH excluding ortho intramolecular Hbond substituents is 2. The molecule has 0 radical (unpaired) electrons. The number of cyclic esters (lactones) is 1. The van der Waals surface area contributed by atoms with Crippen molar-refractivity contribution in [2.75, 3.05) is 0 Å². The summed E-state index contributed by atoms with van der Waals surface area (Å²) in [4.78, 5) is 11.4. The Morgan fingerprint density at radius 2 is 2.13 bits per heavy atom. The zero-order valence-electron chi connectivity index (χ0n) is 8.10. The summed E-state index contributed by atoms with van der Waals surface area (Å²) in [7, 11) is 0. The molecule has 1 aliphatic rings. The predicted molar refractivity (Wildman–Crippen MR) is 51.6 cm³/mol. The van der Waals surface area contributed by atoms with Gasteiger partial charge in [-0.25, -0.2) is 4.79 Å². The van der Waals surface area contributed by atoms with Gasteiger partial charge in [0.05, 0.1) is 0 Å². The molecule has 0 aliphatic carbocycles. The van der Waals surface area contributed by atoms with Crippen LogP contribution < -0.4 is 5.73 Å². The smallest absolute Gasteiger partial charge is 0.343 e. The van der Waals surface area contributed by atoms with Crippen LogP contribution in [-0.4, -0.2) is 22.2 Å². The van der Waals surface area contributed by atoms with E-state index in [1.165, 1.54) is 12.1 Å². The molecule has 0 aromatic heterocycles. The number of phenols is 2. The van der Waals surface area contributed by atoms with Gasteiger partial charge in [0.2, 0.25) is 0 Å². The standard InChI is InChI=1S/C10H11NO4/c1-4(11)9-5-2-3-6(12)8(13)7(5)10(14)15-9/h2-4,9,12-13H,11H2,1H3. The van der Waals surface area contributed by atoms with Crippen LogP contribution in [0.15, 0.2) is 12.1 Å². The van der Waals surface area contributed by atoms with Gasteiger partial charge >= 0.3 is 5.97 Å². The number of esters is 1. The molecular weight excluding hydrogens is 198 g/mol. The lowest BCUT2D eigenvalue weighted by Crippen LogP contribution is -2.24. The Kier molecular flexibility index (Phi) is 2.04. The normalized spacial score (nSPS) is 20.9. The Labute approximate surface area is 86.1 Å². The largest absolute Gasteiger partial charge is 0.504 e. The van der Waals surface area contributed by atoms with Crippen LogP contribution in [0, 0.1) is 0 Å². The molecule has 2 rings (SSSR count). The quantitative estimate of drug-likeness (QED) is 0.466. The molecule has 1 heterocycles. The van der Waals surface area contributed by atoms with Gasteiger partial charge in [-0.3, -0.25) is 0 Å². The first-order chi connectivity index (χ1) is 7.02. The molecule has 2 unspecified atom stereocenters. The fraction of sp³-hybridized carbons (Fsp3) is 0.300. The van der Waals surface area contributed by atoms with Gasteiger partial charge in [-0.15, -0.1) is 0 Å². The lowest BCUT2D eigenvalue weighted by Gasteiger charge is -2.14. The highest BCUT2D eigenvalue weighted by Crippen LogP contribution is 2.41. The van der Waals surface area contributed by atoms with E-state index in [9.17, 15) is 15.0 Å². The summed E-state index contributed by atoms with van der Waals surface area (Å²) >= 11 is 0. The van der Waals surface area contributed by atoms with Crippen molar-refractivity contribution in [3.05, 3.63) is 23.3 Å². The number of aromatic hydroxyl groups is 2. The minimum Gasteiger partial charge on any atom is -0.504 e. The van der Waals surface area contributed by atoms with E-state index >= 15 is 0 Å². The lowest BCUT2D eigenvalue weighted by molar-refractivity contribution is 0.0340. The maximum atomic E-state index is 11.4. The number of rotatable bonds is 1. The molecule has 0 fully saturated rings. The van der Waals surface area contributed by atoms with Crippen molar-refractivity contribution in [2.24, 2.45) is 5.73 Å². The van der Waals surface area contributed by atoms with Gasteiger partial charge in [0.1, 0.15) is 11.7 Å². The Morgan fingerprint density at radius 1 is 1.47 bits per heavy atom. The van der Waals surface area contributed by atoms with Crippen LogP contribution in [-0.2, 0) is 4.74 Å². The molecule has 5 heteroatoms. The highest BCUT2D eigenvalue weighted by molar-refractivity contribution is 5.97. The van der Waals surface area contributed by atoms with Crippen molar-refractivity contribution in [1.82, 2.24) is 0 Å². The Hall–Kier alpha value is -1.75. The molecule has 0 saturated carbocycles. The summed E-state index contributed by atoms with van der Waals surface area (Å²) in [5, 5.41) is 18.7. The SMILES string of the molecule is CC(N)C1OC(=O)c2c1ccc(O)c2O. The van der Waals surface area contributed by atoms with Gasteiger partial charge < -0.3 is 20.7 Å². The second kappa shape index (κ2) is 3.13. The Balaban J connectivity index is 2.59. The van der Waals surface area contributed by atoms with Crippen LogP contribution in [0.2, 0.25) is 0 Å². The van der Waals surface area contributed by atoms with E-state index < -0.39 is 17.8 Å². The van der Waals surface area contributed by atoms with E-state index in [2.05, 4.69) is 0 Å². The number of nitrogens with two attached hydrogens (primary N) is 1. The third-order valence-electron chi connectivity index (χ3n) is 2.41. The van der Waals surface area contributed by atoms with Gasteiger partial charge in [0.15, 0.2) is 11.5 Å². The third kappa shape index (κ3) is 1.32. The number of carbonyl (C=O) groups is 1. The number of ether oxygens (including phenoxy) is 1. The highest BCUT2D eigenvalue weighted by atomic mass is 16.6. The van der Waals surface area contributed by atoms with Gasteiger partial charge in [-0.2, -0.15) is 0 Å². The zero-order valence-corrected chi connectivity index (χ0v) is 8.10. The fourth-order valence-corrected chi connectivity index (χ4v) is 1.68. The molecule has 80 valence electrons. The Morgan fingerprint density at radius 3 is 2.73 bits per heavy atom. The van der Waals surface area contributed by atoms with Crippen molar-refractivity contribution >= 4 is 5.97 Å². The minimum absolute atomic E-state index is 0.0114. The van der Waals surface area contributed by atoms with Crippen LogP contribution in [0.25, 0.3) is 0 Å². The van der Waals surface area contributed by atoms with Gasteiger partial charge in [-0.05, 0) is 13.0 Å². The average molecular weight is 209 g/mol. The van der Waals surface area contributed by atoms with Gasteiger partial charge in [0, 0.05) is 11.6 Å². The molecule has 0 bridgehead atoms. The number of benzene rings is 1. The van der Waals surface area contributed by atoms with Gasteiger partial charge in [-0.1, -0.05) is 6.07 Å². The molecule has 1 aromatic rings. The molecule has 5 nitrogen and oxygen atoms in total. The molecule has 4 N–H and O–H groups in total.